The van der Waals surface area contributed by atoms with Crippen LogP contribution in [0.15, 0.2) is 24.3 Å². The lowest BCUT2D eigenvalue weighted by Gasteiger charge is -2.47. The molecule has 0 heterocycles. The molecule has 2 aliphatic carbocycles. The minimum Gasteiger partial charge on any atom is -0.466 e. The standard InChI is InChI=1S/C47H87NO5/c1-5-7-9-11-19-25-34-52-46(53-35-26-20-12-10-8-6-2)28-22-16-14-18-24-31-48(32-33-49)30-23-17-13-15-21-27-45(50)51-36-29-47(4)40-43-37-42(3)38-44(39-43)41-47/h7-10,42-44,46,49H,5-6,11-41H2,1-4H3/b9-7-,10-8-. The van der Waals surface area contributed by atoms with Gasteiger partial charge in [-0.1, -0.05) is 90.5 Å². The fraction of sp³-hybridized carbons (Fsp3) is 0.894. The lowest BCUT2D eigenvalue weighted by molar-refractivity contribution is -0.148. The Morgan fingerprint density at radius 1 is 0.698 bits per heavy atom. The van der Waals surface area contributed by atoms with E-state index in [1.54, 1.807) is 0 Å². The summed E-state index contributed by atoms with van der Waals surface area (Å²) in [4.78, 5) is 14.8. The predicted octanol–water partition coefficient (Wildman–Crippen LogP) is 12.4. The molecule has 1 N–H and O–H groups in total. The largest absolute Gasteiger partial charge is 0.466 e. The van der Waals surface area contributed by atoms with Crippen molar-refractivity contribution in [3.8, 4) is 0 Å². The molecule has 2 bridgehead atoms. The molecule has 2 rings (SSSR count). The maximum Gasteiger partial charge on any atom is 0.305 e. The molecule has 6 heteroatoms. The van der Waals surface area contributed by atoms with E-state index in [-0.39, 0.29) is 18.9 Å². The summed E-state index contributed by atoms with van der Waals surface area (Å²) in [7, 11) is 0. The molecular formula is C47H87NO5. The second-order valence-corrected chi connectivity index (χ2v) is 17.3. The summed E-state index contributed by atoms with van der Waals surface area (Å²) in [6.07, 6.45) is 39.1. The summed E-state index contributed by atoms with van der Waals surface area (Å²) in [6.45, 7) is 14.5. The smallest absolute Gasteiger partial charge is 0.305 e. The number of hydrogen-bond acceptors (Lipinski definition) is 6. The van der Waals surface area contributed by atoms with Crippen molar-refractivity contribution in [1.82, 2.24) is 4.90 Å². The lowest BCUT2D eigenvalue weighted by atomic mass is 9.59. The first-order valence-corrected chi connectivity index (χ1v) is 22.9. The van der Waals surface area contributed by atoms with Gasteiger partial charge in [0.25, 0.3) is 0 Å². The molecule has 0 aliphatic heterocycles. The molecule has 53 heavy (non-hydrogen) atoms. The van der Waals surface area contributed by atoms with Crippen LogP contribution in [0.25, 0.3) is 0 Å². The Labute approximate surface area is 328 Å². The van der Waals surface area contributed by atoms with Gasteiger partial charge in [0.2, 0.25) is 0 Å². The fourth-order valence-electron chi connectivity index (χ4n) is 9.13. The van der Waals surface area contributed by atoms with Gasteiger partial charge in [0, 0.05) is 26.2 Å². The second kappa shape index (κ2) is 31.9. The van der Waals surface area contributed by atoms with Crippen molar-refractivity contribution in [2.75, 3.05) is 46.1 Å². The monoisotopic (exact) mass is 746 g/mol. The van der Waals surface area contributed by atoms with Crippen LogP contribution in [-0.2, 0) is 19.0 Å². The van der Waals surface area contributed by atoms with Gasteiger partial charge in [0.1, 0.15) is 0 Å². The fourth-order valence-corrected chi connectivity index (χ4v) is 9.13. The van der Waals surface area contributed by atoms with E-state index >= 15 is 0 Å². The number of aliphatic hydroxyl groups is 1. The molecule has 0 radical (unpaired) electrons. The van der Waals surface area contributed by atoms with Crippen LogP contribution in [0.3, 0.4) is 0 Å². The molecule has 0 spiro atoms. The van der Waals surface area contributed by atoms with Crippen LogP contribution < -0.4 is 0 Å². The van der Waals surface area contributed by atoms with Crippen molar-refractivity contribution >= 4 is 5.97 Å². The number of esters is 1. The predicted molar refractivity (Wildman–Crippen MR) is 224 cm³/mol. The van der Waals surface area contributed by atoms with Crippen molar-refractivity contribution in [1.29, 1.82) is 0 Å². The van der Waals surface area contributed by atoms with Crippen LogP contribution in [0.5, 0.6) is 0 Å². The van der Waals surface area contributed by atoms with Crippen LogP contribution >= 0.6 is 0 Å². The van der Waals surface area contributed by atoms with Crippen molar-refractivity contribution in [3.05, 3.63) is 24.3 Å². The van der Waals surface area contributed by atoms with Gasteiger partial charge in [-0.3, -0.25) is 4.79 Å². The normalized spacial score (nSPS) is 21.8. The summed E-state index contributed by atoms with van der Waals surface area (Å²) in [5.74, 6) is 2.68. The molecular weight excluding hydrogens is 659 g/mol. The van der Waals surface area contributed by atoms with E-state index in [4.69, 9.17) is 14.2 Å². The minimum absolute atomic E-state index is 0.00286. The quantitative estimate of drug-likeness (QED) is 0.0301. The molecule has 310 valence electrons. The van der Waals surface area contributed by atoms with E-state index in [9.17, 15) is 9.90 Å². The van der Waals surface area contributed by atoms with Crippen molar-refractivity contribution in [2.45, 2.75) is 201 Å². The number of hydrogen-bond donors (Lipinski definition) is 1. The average Bonchev–Trinajstić information content (AvgIpc) is 3.12. The van der Waals surface area contributed by atoms with Crippen molar-refractivity contribution < 1.29 is 24.1 Å². The third-order valence-corrected chi connectivity index (χ3v) is 11.8. The molecule has 6 nitrogen and oxygen atoms in total. The summed E-state index contributed by atoms with van der Waals surface area (Å²) >= 11 is 0. The number of unbranched alkanes of at least 4 members (excludes halogenated alkanes) is 12. The average molecular weight is 746 g/mol. The Morgan fingerprint density at radius 3 is 1.81 bits per heavy atom. The lowest BCUT2D eigenvalue weighted by Crippen LogP contribution is -2.36. The highest BCUT2D eigenvalue weighted by molar-refractivity contribution is 5.69. The van der Waals surface area contributed by atoms with Gasteiger partial charge in [0.05, 0.1) is 13.2 Å². The number of nitrogens with zero attached hydrogens (tertiary/aromatic N) is 1. The van der Waals surface area contributed by atoms with Gasteiger partial charge in [0.15, 0.2) is 6.29 Å². The molecule has 2 unspecified atom stereocenters. The zero-order valence-corrected chi connectivity index (χ0v) is 35.5. The zero-order chi connectivity index (χ0) is 38.2. The summed E-state index contributed by atoms with van der Waals surface area (Å²) in [6, 6.07) is 0. The Bertz CT molecular complexity index is 879. The maximum atomic E-state index is 12.4. The van der Waals surface area contributed by atoms with Gasteiger partial charge in [-0.25, -0.2) is 0 Å². The molecule has 0 aromatic carbocycles. The van der Waals surface area contributed by atoms with Crippen LogP contribution in [0.1, 0.15) is 195 Å². The number of fused-ring (bicyclic) bond motifs is 2. The summed E-state index contributed by atoms with van der Waals surface area (Å²) in [5.41, 5.74) is 0.365. The van der Waals surface area contributed by atoms with Crippen LogP contribution in [-0.4, -0.2) is 68.3 Å². The first-order valence-electron chi connectivity index (χ1n) is 22.9. The third kappa shape index (κ3) is 25.5. The number of carbonyl (C=O) groups is 1. The molecule has 0 aromatic rings. The maximum absolute atomic E-state index is 12.4. The highest BCUT2D eigenvalue weighted by atomic mass is 16.7. The SMILES string of the molecule is CC/C=C\CCCCOC(CCCCCCCN(CCO)CCCCCCCC(=O)OCCC1(C)CC2CC(C)CC(C2)C1)OCCCC/C=C\CC. The summed E-state index contributed by atoms with van der Waals surface area (Å²) < 4.78 is 18.1. The van der Waals surface area contributed by atoms with E-state index in [0.29, 0.717) is 18.4 Å². The van der Waals surface area contributed by atoms with Crippen LogP contribution in [0, 0.1) is 23.2 Å². The first-order chi connectivity index (χ1) is 25.9. The van der Waals surface area contributed by atoms with Crippen LogP contribution in [0.4, 0.5) is 0 Å². The Balaban J connectivity index is 1.48. The molecule has 2 fully saturated rings. The number of ether oxygens (including phenoxy) is 3. The molecule has 0 amide bonds. The number of allylic oxidation sites excluding steroid dienone is 4. The van der Waals surface area contributed by atoms with E-state index in [2.05, 4.69) is 56.9 Å². The van der Waals surface area contributed by atoms with Gasteiger partial charge in [-0.2, -0.15) is 0 Å². The first kappa shape index (κ1) is 47.9. The topological polar surface area (TPSA) is 68.2 Å². The zero-order valence-electron chi connectivity index (χ0n) is 35.5. The van der Waals surface area contributed by atoms with Gasteiger partial charge in [-0.15, -0.1) is 0 Å². The minimum atomic E-state index is -0.0649. The van der Waals surface area contributed by atoms with Gasteiger partial charge < -0.3 is 24.2 Å². The molecule has 0 saturated heterocycles. The number of carbonyl (C=O) groups excluding carboxylic acids is 1. The highest BCUT2D eigenvalue weighted by Gasteiger charge is 2.40. The van der Waals surface area contributed by atoms with Crippen LogP contribution in [0.2, 0.25) is 0 Å². The Kier molecular flexibility index (Phi) is 28.9. The number of rotatable bonds is 35. The van der Waals surface area contributed by atoms with Crippen molar-refractivity contribution in [3.63, 3.8) is 0 Å². The highest BCUT2D eigenvalue weighted by Crippen LogP contribution is 2.51. The Morgan fingerprint density at radius 2 is 1.25 bits per heavy atom. The number of aliphatic hydroxyl groups excluding tert-OH is 1. The second-order valence-electron chi connectivity index (χ2n) is 17.3. The van der Waals surface area contributed by atoms with E-state index in [1.807, 2.05) is 0 Å². The van der Waals surface area contributed by atoms with Gasteiger partial charge in [-0.05, 0) is 158 Å². The van der Waals surface area contributed by atoms with E-state index in [0.717, 1.165) is 128 Å². The summed E-state index contributed by atoms with van der Waals surface area (Å²) in [5, 5.41) is 9.62. The van der Waals surface area contributed by atoms with E-state index < -0.39 is 0 Å². The molecule has 2 saturated carbocycles. The Hall–Kier alpha value is -1.21. The van der Waals surface area contributed by atoms with E-state index in [1.165, 1.54) is 83.5 Å². The van der Waals surface area contributed by atoms with Gasteiger partial charge >= 0.3 is 5.97 Å². The molecule has 2 atom stereocenters. The van der Waals surface area contributed by atoms with Crippen molar-refractivity contribution in [2.24, 2.45) is 23.2 Å². The third-order valence-electron chi connectivity index (χ3n) is 11.8. The molecule has 0 aromatic heterocycles. The molecule has 2 aliphatic rings.